The highest BCUT2D eigenvalue weighted by Gasteiger charge is 2.05. The van der Waals surface area contributed by atoms with E-state index in [0.29, 0.717) is 6.61 Å². The third kappa shape index (κ3) is 2.36. The molecule has 2 aromatic carbocycles. The molecule has 0 saturated carbocycles. The van der Waals surface area contributed by atoms with Crippen LogP contribution in [-0.2, 0) is 0 Å². The number of hydrogen-bond donors (Lipinski definition) is 0. The minimum absolute atomic E-state index is 0.682. The van der Waals surface area contributed by atoms with Crippen LogP contribution in [0.4, 0.5) is 0 Å². The molecule has 3 nitrogen and oxygen atoms in total. The standard InChI is InChI=1S/C15H13BrN2O/c1-2-19-13-6-4-12(5-7-13)18-10-17-14-9-11(16)3-8-15(14)18/h3-10H,2H2,1H3. The zero-order chi connectivity index (χ0) is 13.2. The first kappa shape index (κ1) is 12.2. The fourth-order valence-electron chi connectivity index (χ4n) is 2.06. The minimum Gasteiger partial charge on any atom is -0.494 e. The molecule has 96 valence electrons. The number of rotatable bonds is 3. The number of hydrogen-bond acceptors (Lipinski definition) is 2. The molecule has 4 heteroatoms. The molecular weight excluding hydrogens is 304 g/mol. The summed E-state index contributed by atoms with van der Waals surface area (Å²) in [6.45, 7) is 2.66. The molecule has 0 aliphatic carbocycles. The van der Waals surface area contributed by atoms with E-state index in [2.05, 4.69) is 31.5 Å². The first-order valence-corrected chi connectivity index (χ1v) is 6.93. The molecule has 0 radical (unpaired) electrons. The van der Waals surface area contributed by atoms with Crippen LogP contribution in [0.3, 0.4) is 0 Å². The maximum atomic E-state index is 5.45. The van der Waals surface area contributed by atoms with E-state index >= 15 is 0 Å². The SMILES string of the molecule is CCOc1ccc(-n2cnc3cc(Br)ccc32)cc1. The third-order valence-corrected chi connectivity index (χ3v) is 3.43. The van der Waals surface area contributed by atoms with Crippen LogP contribution in [-0.4, -0.2) is 16.2 Å². The van der Waals surface area contributed by atoms with Gasteiger partial charge in [0.25, 0.3) is 0 Å². The van der Waals surface area contributed by atoms with Crippen LogP contribution in [0, 0.1) is 0 Å². The lowest BCUT2D eigenvalue weighted by atomic mass is 10.2. The van der Waals surface area contributed by atoms with Gasteiger partial charge in [-0.05, 0) is 49.4 Å². The van der Waals surface area contributed by atoms with Crippen molar-refractivity contribution in [2.75, 3.05) is 6.61 Å². The Bertz CT molecular complexity index is 704. The van der Waals surface area contributed by atoms with Gasteiger partial charge in [-0.25, -0.2) is 4.98 Å². The molecule has 0 spiro atoms. The smallest absolute Gasteiger partial charge is 0.119 e. The summed E-state index contributed by atoms with van der Waals surface area (Å²) >= 11 is 3.46. The maximum Gasteiger partial charge on any atom is 0.119 e. The summed E-state index contributed by atoms with van der Waals surface area (Å²) in [5.74, 6) is 0.887. The molecule has 0 unspecified atom stereocenters. The molecule has 0 amide bonds. The topological polar surface area (TPSA) is 27.1 Å². The number of nitrogens with zero attached hydrogens (tertiary/aromatic N) is 2. The van der Waals surface area contributed by atoms with E-state index in [0.717, 1.165) is 26.9 Å². The van der Waals surface area contributed by atoms with Crippen LogP contribution in [0.5, 0.6) is 5.75 Å². The largest absolute Gasteiger partial charge is 0.494 e. The van der Waals surface area contributed by atoms with Crippen molar-refractivity contribution in [3.63, 3.8) is 0 Å². The van der Waals surface area contributed by atoms with Crippen LogP contribution in [0.2, 0.25) is 0 Å². The minimum atomic E-state index is 0.682. The van der Waals surface area contributed by atoms with E-state index in [1.165, 1.54) is 0 Å². The second-order valence-electron chi connectivity index (χ2n) is 4.17. The van der Waals surface area contributed by atoms with Crippen molar-refractivity contribution in [1.29, 1.82) is 0 Å². The van der Waals surface area contributed by atoms with Gasteiger partial charge in [-0.1, -0.05) is 15.9 Å². The van der Waals surface area contributed by atoms with E-state index in [1.54, 1.807) is 0 Å². The number of fused-ring (bicyclic) bond motifs is 1. The Balaban J connectivity index is 2.04. The van der Waals surface area contributed by atoms with Crippen LogP contribution in [0.1, 0.15) is 6.92 Å². The fourth-order valence-corrected chi connectivity index (χ4v) is 2.41. The first-order valence-electron chi connectivity index (χ1n) is 6.14. The highest BCUT2D eigenvalue weighted by Crippen LogP contribution is 2.23. The van der Waals surface area contributed by atoms with Crippen LogP contribution >= 0.6 is 15.9 Å². The summed E-state index contributed by atoms with van der Waals surface area (Å²) in [5.41, 5.74) is 3.14. The van der Waals surface area contributed by atoms with E-state index in [-0.39, 0.29) is 0 Å². The molecule has 1 heterocycles. The van der Waals surface area contributed by atoms with Crippen molar-refractivity contribution in [3.8, 4) is 11.4 Å². The average molecular weight is 317 g/mol. The molecule has 0 N–H and O–H groups in total. The van der Waals surface area contributed by atoms with Gasteiger partial charge >= 0.3 is 0 Å². The van der Waals surface area contributed by atoms with E-state index in [4.69, 9.17) is 4.74 Å². The van der Waals surface area contributed by atoms with Crippen molar-refractivity contribution in [2.45, 2.75) is 6.92 Å². The Labute approximate surface area is 120 Å². The molecule has 3 aromatic rings. The van der Waals surface area contributed by atoms with Crippen LogP contribution < -0.4 is 4.74 Å². The van der Waals surface area contributed by atoms with Gasteiger partial charge in [0.1, 0.15) is 12.1 Å². The number of imidazole rings is 1. The summed E-state index contributed by atoms with van der Waals surface area (Å²) in [6, 6.07) is 14.1. The predicted molar refractivity (Wildman–Crippen MR) is 79.9 cm³/mol. The van der Waals surface area contributed by atoms with Gasteiger partial charge in [-0.3, -0.25) is 4.57 Å². The Morgan fingerprint density at radius 3 is 2.68 bits per heavy atom. The summed E-state index contributed by atoms with van der Waals surface area (Å²) in [7, 11) is 0. The van der Waals surface area contributed by atoms with Gasteiger partial charge in [0, 0.05) is 10.2 Å². The van der Waals surface area contributed by atoms with Crippen molar-refractivity contribution in [2.24, 2.45) is 0 Å². The Hall–Kier alpha value is -1.81. The molecule has 0 aliphatic rings. The van der Waals surface area contributed by atoms with Crippen molar-refractivity contribution in [1.82, 2.24) is 9.55 Å². The maximum absolute atomic E-state index is 5.45. The van der Waals surface area contributed by atoms with E-state index < -0.39 is 0 Å². The van der Waals surface area contributed by atoms with Gasteiger partial charge in [0.15, 0.2) is 0 Å². The van der Waals surface area contributed by atoms with Gasteiger partial charge in [-0.15, -0.1) is 0 Å². The van der Waals surface area contributed by atoms with Crippen LogP contribution in [0.25, 0.3) is 16.7 Å². The molecule has 0 saturated heterocycles. The van der Waals surface area contributed by atoms with E-state index in [9.17, 15) is 0 Å². The highest BCUT2D eigenvalue weighted by molar-refractivity contribution is 9.10. The third-order valence-electron chi connectivity index (χ3n) is 2.94. The summed E-state index contributed by atoms with van der Waals surface area (Å²) in [4.78, 5) is 4.42. The van der Waals surface area contributed by atoms with E-state index in [1.807, 2.05) is 49.6 Å². The highest BCUT2D eigenvalue weighted by atomic mass is 79.9. The summed E-state index contributed by atoms with van der Waals surface area (Å²) in [6.07, 6.45) is 1.84. The normalized spacial score (nSPS) is 10.8. The quantitative estimate of drug-likeness (QED) is 0.724. The Morgan fingerprint density at radius 2 is 1.95 bits per heavy atom. The Morgan fingerprint density at radius 1 is 1.16 bits per heavy atom. The summed E-state index contributed by atoms with van der Waals surface area (Å²) < 4.78 is 8.56. The fraction of sp³-hybridized carbons (Fsp3) is 0.133. The monoisotopic (exact) mass is 316 g/mol. The number of benzene rings is 2. The summed E-state index contributed by atoms with van der Waals surface area (Å²) in [5, 5.41) is 0. The lowest BCUT2D eigenvalue weighted by Gasteiger charge is -2.06. The average Bonchev–Trinajstić information content (AvgIpc) is 2.83. The second-order valence-corrected chi connectivity index (χ2v) is 5.09. The molecule has 1 aromatic heterocycles. The van der Waals surface area contributed by atoms with Gasteiger partial charge in [0.2, 0.25) is 0 Å². The lowest BCUT2D eigenvalue weighted by molar-refractivity contribution is 0.340. The van der Waals surface area contributed by atoms with Crippen molar-refractivity contribution in [3.05, 3.63) is 53.3 Å². The molecule has 0 fully saturated rings. The van der Waals surface area contributed by atoms with Gasteiger partial charge < -0.3 is 4.74 Å². The van der Waals surface area contributed by atoms with Crippen molar-refractivity contribution >= 4 is 27.0 Å². The lowest BCUT2D eigenvalue weighted by Crippen LogP contribution is -1.94. The molecule has 19 heavy (non-hydrogen) atoms. The van der Waals surface area contributed by atoms with Gasteiger partial charge in [0.05, 0.1) is 17.6 Å². The zero-order valence-corrected chi connectivity index (χ0v) is 12.1. The first-order chi connectivity index (χ1) is 9.28. The van der Waals surface area contributed by atoms with Crippen LogP contribution in [0.15, 0.2) is 53.3 Å². The molecular formula is C15H13BrN2O. The zero-order valence-electron chi connectivity index (χ0n) is 10.5. The number of ether oxygens (including phenoxy) is 1. The second kappa shape index (κ2) is 5.05. The number of halogens is 1. The predicted octanol–water partition coefficient (Wildman–Crippen LogP) is 4.19. The van der Waals surface area contributed by atoms with Gasteiger partial charge in [-0.2, -0.15) is 0 Å². The Kier molecular flexibility index (Phi) is 3.25. The molecule has 3 rings (SSSR count). The molecule has 0 aliphatic heterocycles. The number of aromatic nitrogens is 2. The molecule has 0 bridgehead atoms. The van der Waals surface area contributed by atoms with Crippen molar-refractivity contribution < 1.29 is 4.74 Å². The molecule has 0 atom stereocenters.